The summed E-state index contributed by atoms with van der Waals surface area (Å²) in [6.07, 6.45) is 1.21. The number of nitrogens with one attached hydrogen (secondary N) is 1. The molecule has 0 saturated carbocycles. The smallest absolute Gasteiger partial charge is 0.249 e. The van der Waals surface area contributed by atoms with Gasteiger partial charge in [0.05, 0.1) is 6.54 Å². The third kappa shape index (κ3) is 2.61. The Bertz CT molecular complexity index is 653. The summed E-state index contributed by atoms with van der Waals surface area (Å²) >= 11 is 0. The van der Waals surface area contributed by atoms with Crippen LogP contribution in [0.25, 0.3) is 0 Å². The van der Waals surface area contributed by atoms with E-state index in [1.54, 1.807) is 0 Å². The van der Waals surface area contributed by atoms with E-state index in [0.29, 0.717) is 0 Å². The molecule has 0 bridgehead atoms. The Balaban J connectivity index is 2.37. The number of halogens is 2. The van der Waals surface area contributed by atoms with Crippen molar-refractivity contribution in [3.63, 3.8) is 0 Å². The normalized spacial score (nSPS) is 12.0. The Hall–Kier alpha value is -1.87. The van der Waals surface area contributed by atoms with Crippen LogP contribution in [0.3, 0.4) is 0 Å². The predicted octanol–water partition coefficient (Wildman–Crippen LogP) is 0.904. The van der Waals surface area contributed by atoms with E-state index in [1.807, 2.05) is 0 Å². The molecule has 19 heavy (non-hydrogen) atoms. The number of sulfonamides is 1. The first-order valence-corrected chi connectivity index (χ1v) is 6.61. The van der Waals surface area contributed by atoms with Crippen molar-refractivity contribution in [3.05, 3.63) is 42.0 Å². The first-order chi connectivity index (χ1) is 8.93. The van der Waals surface area contributed by atoms with Crippen molar-refractivity contribution in [3.8, 4) is 0 Å². The Kier molecular flexibility index (Phi) is 3.58. The molecule has 1 aromatic carbocycles. The van der Waals surface area contributed by atoms with Crippen LogP contribution in [0.4, 0.5) is 8.78 Å². The maximum atomic E-state index is 13.5. The SMILES string of the molecule is CN(Cc1ncn[nH]1)S(=O)(=O)c1c(F)cccc1F. The lowest BCUT2D eigenvalue weighted by atomic mass is 10.3. The van der Waals surface area contributed by atoms with E-state index < -0.39 is 26.6 Å². The number of aromatic nitrogens is 3. The van der Waals surface area contributed by atoms with Crippen molar-refractivity contribution < 1.29 is 17.2 Å². The fourth-order valence-electron chi connectivity index (χ4n) is 1.49. The molecule has 0 aliphatic heterocycles. The second-order valence-electron chi connectivity index (χ2n) is 3.74. The second-order valence-corrected chi connectivity index (χ2v) is 5.73. The van der Waals surface area contributed by atoms with Gasteiger partial charge in [0.25, 0.3) is 0 Å². The lowest BCUT2D eigenvalue weighted by Gasteiger charge is -2.16. The highest BCUT2D eigenvalue weighted by Gasteiger charge is 2.28. The van der Waals surface area contributed by atoms with Crippen molar-refractivity contribution in [1.29, 1.82) is 0 Å². The monoisotopic (exact) mass is 288 g/mol. The third-order valence-corrected chi connectivity index (χ3v) is 4.28. The Morgan fingerprint density at radius 2 is 1.95 bits per heavy atom. The van der Waals surface area contributed by atoms with E-state index in [9.17, 15) is 17.2 Å². The number of aromatic amines is 1. The minimum absolute atomic E-state index is 0.171. The zero-order chi connectivity index (χ0) is 14.0. The van der Waals surface area contributed by atoms with Gasteiger partial charge in [0.1, 0.15) is 23.8 Å². The molecule has 1 N–H and O–H groups in total. The minimum atomic E-state index is -4.28. The van der Waals surface area contributed by atoms with E-state index in [1.165, 1.54) is 13.4 Å². The molecule has 6 nitrogen and oxygen atoms in total. The van der Waals surface area contributed by atoms with E-state index >= 15 is 0 Å². The van der Waals surface area contributed by atoms with Crippen LogP contribution in [-0.4, -0.2) is 35.0 Å². The van der Waals surface area contributed by atoms with Gasteiger partial charge in [0.15, 0.2) is 4.90 Å². The van der Waals surface area contributed by atoms with Crippen molar-refractivity contribution in [2.24, 2.45) is 0 Å². The van der Waals surface area contributed by atoms with Gasteiger partial charge in [-0.3, -0.25) is 5.10 Å². The molecule has 0 spiro atoms. The fourth-order valence-corrected chi connectivity index (χ4v) is 2.72. The molecule has 9 heteroatoms. The highest BCUT2D eigenvalue weighted by Crippen LogP contribution is 2.22. The zero-order valence-corrected chi connectivity index (χ0v) is 10.7. The summed E-state index contributed by atoms with van der Waals surface area (Å²) in [6.45, 7) is -0.171. The summed E-state index contributed by atoms with van der Waals surface area (Å²) in [5, 5.41) is 6.03. The van der Waals surface area contributed by atoms with Gasteiger partial charge >= 0.3 is 0 Å². The van der Waals surface area contributed by atoms with Gasteiger partial charge in [-0.15, -0.1) is 0 Å². The van der Waals surface area contributed by atoms with Crippen LogP contribution in [0.5, 0.6) is 0 Å². The largest absolute Gasteiger partial charge is 0.262 e. The standard InChI is InChI=1S/C10H10F2N4O2S/c1-16(5-9-13-6-14-15-9)19(17,18)10-7(11)3-2-4-8(10)12/h2-4,6H,5H2,1H3,(H,13,14,15). The van der Waals surface area contributed by atoms with Gasteiger partial charge in [-0.05, 0) is 12.1 Å². The number of H-pyrrole nitrogens is 1. The molecule has 0 amide bonds. The Labute approximate surface area is 108 Å². The van der Waals surface area contributed by atoms with Gasteiger partial charge in [-0.25, -0.2) is 22.2 Å². The fraction of sp³-hybridized carbons (Fsp3) is 0.200. The van der Waals surface area contributed by atoms with Gasteiger partial charge < -0.3 is 0 Å². The molecule has 102 valence electrons. The molecule has 2 aromatic rings. The van der Waals surface area contributed by atoms with Gasteiger partial charge in [0, 0.05) is 7.05 Å². The Morgan fingerprint density at radius 3 is 2.47 bits per heavy atom. The summed E-state index contributed by atoms with van der Waals surface area (Å²) in [4.78, 5) is 2.77. The van der Waals surface area contributed by atoms with Crippen molar-refractivity contribution in [2.75, 3.05) is 7.05 Å². The van der Waals surface area contributed by atoms with Gasteiger partial charge in [-0.2, -0.15) is 9.40 Å². The molecule has 0 radical (unpaired) electrons. The van der Waals surface area contributed by atoms with Crippen LogP contribution in [0.15, 0.2) is 29.4 Å². The first kappa shape index (κ1) is 13.6. The molecule has 1 aromatic heterocycles. The highest BCUT2D eigenvalue weighted by atomic mass is 32.2. The van der Waals surface area contributed by atoms with Gasteiger partial charge in [0.2, 0.25) is 10.0 Å². The lowest BCUT2D eigenvalue weighted by Crippen LogP contribution is -2.28. The topological polar surface area (TPSA) is 79.0 Å². The lowest BCUT2D eigenvalue weighted by molar-refractivity contribution is 0.441. The van der Waals surface area contributed by atoms with Crippen molar-refractivity contribution >= 4 is 10.0 Å². The van der Waals surface area contributed by atoms with Crippen LogP contribution in [0.1, 0.15) is 5.82 Å². The number of rotatable bonds is 4. The maximum absolute atomic E-state index is 13.5. The zero-order valence-electron chi connectivity index (χ0n) is 9.84. The van der Waals surface area contributed by atoms with Crippen LogP contribution < -0.4 is 0 Å². The molecule has 0 aliphatic carbocycles. The third-order valence-electron chi connectivity index (χ3n) is 2.42. The predicted molar refractivity (Wildman–Crippen MR) is 61.4 cm³/mol. The summed E-state index contributed by atoms with van der Waals surface area (Å²) < 4.78 is 52.0. The van der Waals surface area contributed by atoms with Crippen molar-refractivity contribution in [2.45, 2.75) is 11.4 Å². The minimum Gasteiger partial charge on any atom is -0.262 e. The number of benzene rings is 1. The van der Waals surface area contributed by atoms with Crippen LogP contribution in [0, 0.1) is 11.6 Å². The molecule has 0 aliphatic rings. The molecular weight excluding hydrogens is 278 g/mol. The van der Waals surface area contributed by atoms with E-state index in [0.717, 1.165) is 22.5 Å². The average molecular weight is 288 g/mol. The molecule has 2 rings (SSSR count). The van der Waals surface area contributed by atoms with Crippen LogP contribution >= 0.6 is 0 Å². The highest BCUT2D eigenvalue weighted by molar-refractivity contribution is 7.89. The first-order valence-electron chi connectivity index (χ1n) is 5.17. The summed E-state index contributed by atoms with van der Waals surface area (Å²) in [7, 11) is -3.08. The second kappa shape index (κ2) is 5.02. The molecule has 0 fully saturated rings. The van der Waals surface area contributed by atoms with Crippen molar-refractivity contribution in [1.82, 2.24) is 19.5 Å². The molecule has 0 unspecified atom stereocenters. The molecule has 0 saturated heterocycles. The summed E-state index contributed by atoms with van der Waals surface area (Å²) in [5.41, 5.74) is 0. The van der Waals surface area contributed by atoms with E-state index in [4.69, 9.17) is 0 Å². The van der Waals surface area contributed by atoms with E-state index in [2.05, 4.69) is 15.2 Å². The number of nitrogens with zero attached hydrogens (tertiary/aromatic N) is 3. The molecular formula is C10H10F2N4O2S. The van der Waals surface area contributed by atoms with Gasteiger partial charge in [-0.1, -0.05) is 6.07 Å². The Morgan fingerprint density at radius 1 is 1.32 bits per heavy atom. The quantitative estimate of drug-likeness (QED) is 0.906. The van der Waals surface area contributed by atoms with Crippen LogP contribution in [0.2, 0.25) is 0 Å². The molecule has 1 heterocycles. The maximum Gasteiger partial charge on any atom is 0.249 e. The average Bonchev–Trinajstić information content (AvgIpc) is 2.81. The molecule has 0 atom stereocenters. The number of hydrogen-bond acceptors (Lipinski definition) is 4. The summed E-state index contributed by atoms with van der Waals surface area (Å²) in [5.74, 6) is -2.00. The van der Waals surface area contributed by atoms with Crippen LogP contribution in [-0.2, 0) is 16.6 Å². The summed E-state index contributed by atoms with van der Waals surface area (Å²) in [6, 6.07) is 2.87. The van der Waals surface area contributed by atoms with E-state index in [-0.39, 0.29) is 12.4 Å². The number of hydrogen-bond donors (Lipinski definition) is 1.